The molecule has 190 valence electrons. The van der Waals surface area contributed by atoms with Crippen LogP contribution in [0.2, 0.25) is 0 Å². The zero-order valence-corrected chi connectivity index (χ0v) is 21.8. The number of benzene rings is 2. The van der Waals surface area contributed by atoms with Gasteiger partial charge in [0.2, 0.25) is 0 Å². The molecule has 2 aromatic heterocycles. The van der Waals surface area contributed by atoms with Crippen LogP contribution in [0.25, 0.3) is 21.3 Å². The third-order valence-electron chi connectivity index (χ3n) is 5.60. The quantitative estimate of drug-likeness (QED) is 0.191. The molecule has 2 heterocycles. The van der Waals surface area contributed by atoms with Gasteiger partial charge in [0.05, 0.1) is 11.1 Å². The van der Waals surface area contributed by atoms with Crippen molar-refractivity contribution < 1.29 is 9.18 Å². The molecule has 4 rings (SSSR count). The first-order chi connectivity index (χ1) is 17.5. The molecule has 0 unspecified atom stereocenters. The number of rotatable bonds is 4. The minimum Gasteiger partial charge on any atom is -0.401 e. The maximum absolute atomic E-state index is 15.1. The normalized spacial score (nSPS) is 12.6. The van der Waals surface area contributed by atoms with Crippen molar-refractivity contribution in [2.75, 3.05) is 11.1 Å². The number of fused-ring (bicyclic) bond motifs is 1. The number of thiophene rings is 1. The number of hydrogen-bond acceptors (Lipinski definition) is 7. The van der Waals surface area contributed by atoms with E-state index in [1.165, 1.54) is 23.7 Å². The Morgan fingerprint density at radius 2 is 1.84 bits per heavy atom. The van der Waals surface area contributed by atoms with E-state index in [2.05, 4.69) is 25.6 Å². The minimum absolute atomic E-state index is 0.256. The van der Waals surface area contributed by atoms with Gasteiger partial charge < -0.3 is 16.8 Å². The van der Waals surface area contributed by atoms with Crippen LogP contribution in [0.1, 0.15) is 26.3 Å². The number of nitrogens with two attached hydrogens (primary N) is 2. The number of aryl methyl sites for hydroxylation is 1. The van der Waals surface area contributed by atoms with Crippen LogP contribution in [-0.4, -0.2) is 21.8 Å². The number of carbonyl (C=O) groups excluding carboxylic acids is 1. The average Bonchev–Trinajstić information content (AvgIpc) is 3.25. The monoisotopic (exact) mass is 517 g/mol. The summed E-state index contributed by atoms with van der Waals surface area (Å²) in [6, 6.07) is 11.4. The van der Waals surface area contributed by atoms with Crippen LogP contribution in [0.5, 0.6) is 0 Å². The smallest absolute Gasteiger partial charge is 0.324 e. The highest BCUT2D eigenvalue weighted by molar-refractivity contribution is 7.17. The minimum atomic E-state index is -0.588. The predicted molar refractivity (Wildman–Crippen MR) is 149 cm³/mol. The lowest BCUT2D eigenvalue weighted by Gasteiger charge is -2.19. The average molecular weight is 518 g/mol. The van der Waals surface area contributed by atoms with Gasteiger partial charge in [-0.05, 0) is 37.3 Å². The summed E-state index contributed by atoms with van der Waals surface area (Å²) in [4.78, 5) is 26.2. The molecule has 0 saturated heterocycles. The highest BCUT2D eigenvalue weighted by Crippen LogP contribution is 2.37. The number of allylic oxidation sites excluding steroid dienone is 1. The van der Waals surface area contributed by atoms with Crippen LogP contribution in [0.4, 0.5) is 26.4 Å². The Bertz CT molecular complexity index is 1520. The molecule has 0 spiro atoms. The van der Waals surface area contributed by atoms with Gasteiger partial charge in [0.15, 0.2) is 0 Å². The number of aromatic nitrogens is 2. The predicted octanol–water partition coefficient (Wildman–Crippen LogP) is 6.13. The van der Waals surface area contributed by atoms with Crippen LogP contribution in [0.3, 0.4) is 0 Å². The number of carbonyl (C=O) groups is 1. The Labute approximate surface area is 218 Å². The summed E-state index contributed by atoms with van der Waals surface area (Å²) < 4.78 is 15.1. The van der Waals surface area contributed by atoms with Crippen molar-refractivity contribution in [2.45, 2.75) is 27.7 Å². The molecule has 10 heteroatoms. The van der Waals surface area contributed by atoms with E-state index in [0.29, 0.717) is 32.7 Å². The highest BCUT2D eigenvalue weighted by Gasteiger charge is 2.17. The first-order valence-electron chi connectivity index (χ1n) is 11.5. The fourth-order valence-corrected chi connectivity index (χ4v) is 4.32. The molecule has 0 aliphatic heterocycles. The number of hydrogen-bond donors (Lipinski definition) is 4. The molecule has 0 aliphatic rings. The molecule has 0 fully saturated rings. The summed E-state index contributed by atoms with van der Waals surface area (Å²) in [5.74, 6) is 0.0162. The third kappa shape index (κ3) is 6.10. The van der Waals surface area contributed by atoms with Crippen LogP contribution >= 0.6 is 11.3 Å². The maximum atomic E-state index is 15.1. The molecule has 8 nitrogen and oxygen atoms in total. The summed E-state index contributed by atoms with van der Waals surface area (Å²) >= 11 is 1.35. The zero-order chi connectivity index (χ0) is 26.7. The Hall–Kier alpha value is -4.31. The number of nitrogens with one attached hydrogen (secondary N) is 2. The van der Waals surface area contributed by atoms with Gasteiger partial charge in [-0.3, -0.25) is 5.32 Å². The molecule has 0 radical (unpaired) electrons. The SMILES string of the molecule is Cc1ccc(N=C(C=C(N)C(C)(C)C)NC(=O)Nc2ccc(-c3csc4ncnc(N)c34)c(F)c2)cc1. The molecule has 4 aromatic rings. The van der Waals surface area contributed by atoms with Gasteiger partial charge in [-0.1, -0.05) is 38.5 Å². The topological polar surface area (TPSA) is 131 Å². The number of nitrogens with zero attached hydrogens (tertiary/aromatic N) is 3. The Balaban J connectivity index is 1.57. The molecule has 0 aliphatic carbocycles. The van der Waals surface area contributed by atoms with Crippen LogP contribution in [0, 0.1) is 18.2 Å². The second-order valence-electron chi connectivity index (χ2n) is 9.54. The van der Waals surface area contributed by atoms with E-state index in [1.54, 1.807) is 23.6 Å². The fraction of sp³-hybridized carbons (Fsp3) is 0.185. The van der Waals surface area contributed by atoms with Crippen molar-refractivity contribution in [3.05, 3.63) is 77.3 Å². The third-order valence-corrected chi connectivity index (χ3v) is 6.49. The summed E-state index contributed by atoms with van der Waals surface area (Å²) in [6.45, 7) is 7.86. The van der Waals surface area contributed by atoms with Gasteiger partial charge in [0.25, 0.3) is 0 Å². The van der Waals surface area contributed by atoms with E-state index in [-0.39, 0.29) is 22.8 Å². The highest BCUT2D eigenvalue weighted by atomic mass is 32.1. The molecular formula is C27H28FN7OS. The fourth-order valence-electron chi connectivity index (χ4n) is 3.40. The largest absolute Gasteiger partial charge is 0.401 e. The van der Waals surface area contributed by atoms with Gasteiger partial charge in [-0.15, -0.1) is 11.3 Å². The Morgan fingerprint density at radius 3 is 2.51 bits per heavy atom. The number of aliphatic imine (C=N–C) groups is 1. The molecule has 0 atom stereocenters. The zero-order valence-electron chi connectivity index (χ0n) is 21.0. The van der Waals surface area contributed by atoms with E-state index in [9.17, 15) is 4.79 Å². The number of amidine groups is 1. The van der Waals surface area contributed by atoms with Crippen molar-refractivity contribution in [3.8, 4) is 11.1 Å². The van der Waals surface area contributed by atoms with Gasteiger partial charge in [-0.2, -0.15) is 0 Å². The standard InChI is InChI=1S/C27H28FN7OS/c1-15-5-7-16(8-6-15)33-22(12-21(29)27(2,3)4)35-26(36)34-17-9-10-18(20(28)11-17)19-13-37-25-23(19)24(30)31-14-32-25/h5-14H,29H2,1-4H3,(H2,30,31,32)(H2,33,34,35,36). The van der Waals surface area contributed by atoms with Gasteiger partial charge in [0.1, 0.15) is 28.6 Å². The molecule has 2 amide bonds. The van der Waals surface area contributed by atoms with Gasteiger partial charge >= 0.3 is 6.03 Å². The summed E-state index contributed by atoms with van der Waals surface area (Å²) in [6.07, 6.45) is 3.00. The van der Waals surface area contributed by atoms with E-state index in [4.69, 9.17) is 11.5 Å². The summed E-state index contributed by atoms with van der Waals surface area (Å²) in [7, 11) is 0. The number of halogens is 1. The van der Waals surface area contributed by atoms with Crippen LogP contribution < -0.4 is 22.1 Å². The number of amides is 2. The molecular weight excluding hydrogens is 489 g/mol. The lowest BCUT2D eigenvalue weighted by Crippen LogP contribution is -2.34. The van der Waals surface area contributed by atoms with Crippen LogP contribution in [0.15, 0.2) is 70.9 Å². The lowest BCUT2D eigenvalue weighted by atomic mass is 9.92. The van der Waals surface area contributed by atoms with Gasteiger partial charge in [-0.25, -0.2) is 24.1 Å². The molecule has 6 N–H and O–H groups in total. The first-order valence-corrected chi connectivity index (χ1v) is 12.4. The van der Waals surface area contributed by atoms with Crippen molar-refractivity contribution in [1.29, 1.82) is 0 Å². The van der Waals surface area contributed by atoms with Crippen LogP contribution in [-0.2, 0) is 0 Å². The lowest BCUT2D eigenvalue weighted by molar-refractivity contribution is 0.256. The van der Waals surface area contributed by atoms with E-state index in [1.807, 2.05) is 52.0 Å². The van der Waals surface area contributed by atoms with E-state index >= 15 is 4.39 Å². The van der Waals surface area contributed by atoms with E-state index < -0.39 is 11.8 Å². The van der Waals surface area contributed by atoms with Crippen molar-refractivity contribution in [1.82, 2.24) is 15.3 Å². The summed E-state index contributed by atoms with van der Waals surface area (Å²) in [5.41, 5.74) is 15.4. The molecule has 2 aromatic carbocycles. The van der Waals surface area contributed by atoms with Crippen molar-refractivity contribution in [2.24, 2.45) is 16.1 Å². The maximum Gasteiger partial charge on any atom is 0.324 e. The molecule has 0 bridgehead atoms. The summed E-state index contributed by atoms with van der Waals surface area (Å²) in [5, 5.41) is 7.76. The Kier molecular flexibility index (Phi) is 7.21. The molecule has 37 heavy (non-hydrogen) atoms. The second-order valence-corrected chi connectivity index (χ2v) is 10.4. The van der Waals surface area contributed by atoms with Crippen molar-refractivity contribution in [3.63, 3.8) is 0 Å². The second kappa shape index (κ2) is 10.4. The first kappa shape index (κ1) is 25.8. The Morgan fingerprint density at radius 1 is 1.11 bits per heavy atom. The molecule has 0 saturated carbocycles. The van der Waals surface area contributed by atoms with Gasteiger partial charge in [0, 0.05) is 39.4 Å². The number of anilines is 2. The van der Waals surface area contributed by atoms with Crippen molar-refractivity contribution >= 4 is 50.6 Å². The van der Waals surface area contributed by atoms with E-state index in [0.717, 1.165) is 5.56 Å². The number of urea groups is 1. The number of nitrogen functional groups attached to an aromatic ring is 1.